The molecule has 0 unspecified atom stereocenters. The zero-order valence-corrected chi connectivity index (χ0v) is 9.51. The smallest absolute Gasteiger partial charge is 0.328 e. The fourth-order valence-electron chi connectivity index (χ4n) is 1.30. The maximum absolute atomic E-state index is 11.0. The predicted molar refractivity (Wildman–Crippen MR) is 61.1 cm³/mol. The number of carbonyl (C=O) groups excluding carboxylic acids is 2. The Bertz CT molecular complexity index is 361. The summed E-state index contributed by atoms with van der Waals surface area (Å²) in [5.41, 5.74) is 1.31. The molecule has 6 nitrogen and oxygen atoms in total. The van der Waals surface area contributed by atoms with Crippen molar-refractivity contribution in [2.45, 2.75) is 20.2 Å². The summed E-state index contributed by atoms with van der Waals surface area (Å²) in [6, 6.07) is 6.90. The van der Waals surface area contributed by atoms with E-state index in [1.807, 2.05) is 0 Å². The van der Waals surface area contributed by atoms with Gasteiger partial charge in [0.1, 0.15) is 0 Å². The summed E-state index contributed by atoms with van der Waals surface area (Å²) >= 11 is 0. The van der Waals surface area contributed by atoms with Crippen molar-refractivity contribution in [3.8, 4) is 0 Å². The van der Waals surface area contributed by atoms with Crippen molar-refractivity contribution in [3.63, 3.8) is 0 Å². The van der Waals surface area contributed by atoms with Crippen LogP contribution in [0.25, 0.3) is 0 Å². The lowest BCUT2D eigenvalue weighted by molar-refractivity contribution is -0.144. The van der Waals surface area contributed by atoms with Gasteiger partial charge in [-0.1, -0.05) is 31.7 Å². The first-order valence-electron chi connectivity index (χ1n) is 5.53. The second-order valence-electron chi connectivity index (χ2n) is 3.10. The lowest BCUT2D eigenvalue weighted by Crippen LogP contribution is -2.16. The van der Waals surface area contributed by atoms with E-state index in [-0.39, 0.29) is 12.8 Å². The maximum Gasteiger partial charge on any atom is 0.328 e. The summed E-state index contributed by atoms with van der Waals surface area (Å²) in [6.07, 6.45) is 0.00898. The Hall–Kier alpha value is -1.92. The van der Waals surface area contributed by atoms with Gasteiger partial charge in [0.2, 0.25) is 0 Å². The van der Waals surface area contributed by atoms with Crippen molar-refractivity contribution in [1.29, 1.82) is 0 Å². The molecule has 94 valence electrons. The zero-order valence-electron chi connectivity index (χ0n) is 10.5. The van der Waals surface area contributed by atoms with Crippen LogP contribution in [-0.2, 0) is 32.1 Å². The Morgan fingerprint density at radius 2 is 1.41 bits per heavy atom. The average molecular weight is 242 g/mol. The van der Waals surface area contributed by atoms with Gasteiger partial charge in [0.05, 0.1) is 12.8 Å². The highest BCUT2D eigenvalue weighted by atomic mass is 16.7. The highest BCUT2D eigenvalue weighted by molar-refractivity contribution is 5.76. The number of hydrogen-bond acceptors (Lipinski definition) is 6. The third-order valence-corrected chi connectivity index (χ3v) is 2.05. The molecule has 4 N–H and O–H groups in total. The Balaban J connectivity index is 0.00000137. The van der Waals surface area contributed by atoms with Gasteiger partial charge in [0.15, 0.2) is 0 Å². The van der Waals surface area contributed by atoms with Crippen LogP contribution in [-0.4, -0.2) is 11.9 Å². The van der Waals surface area contributed by atoms with E-state index in [4.69, 9.17) is 13.2 Å². The van der Waals surface area contributed by atoms with Gasteiger partial charge in [-0.2, -0.15) is 11.8 Å². The van der Waals surface area contributed by atoms with Crippen molar-refractivity contribution in [2.24, 2.45) is 11.8 Å². The largest absolute Gasteiger partial charge is 0.373 e. The van der Waals surface area contributed by atoms with Crippen LogP contribution in [0.1, 0.15) is 19.9 Å². The zero-order chi connectivity index (χ0) is 14.0. The van der Waals surface area contributed by atoms with Crippen LogP contribution in [0, 0.1) is 0 Å². The van der Waals surface area contributed by atoms with E-state index in [9.17, 15) is 9.59 Å². The molecule has 1 rings (SSSR count). The molecule has 1 aromatic rings. The normalized spacial score (nSPS) is 9.47. The quantitative estimate of drug-likeness (QED) is 0.733. The number of benzene rings is 1. The first-order chi connectivity index (χ1) is 8.67. The monoisotopic (exact) mass is 242 g/mol. The van der Waals surface area contributed by atoms with Crippen molar-refractivity contribution < 1.29 is 20.6 Å². The van der Waals surface area contributed by atoms with E-state index in [1.165, 1.54) is 7.40 Å². The van der Waals surface area contributed by atoms with Gasteiger partial charge >= 0.3 is 11.9 Å². The van der Waals surface area contributed by atoms with Gasteiger partial charge in [0.25, 0.3) is 0 Å². The molecule has 6 heteroatoms. The summed E-state index contributed by atoms with van der Waals surface area (Å²) in [5, 5.41) is 0. The van der Waals surface area contributed by atoms with E-state index in [1.54, 1.807) is 24.3 Å². The molecule has 0 aromatic heterocycles. The summed E-state index contributed by atoms with van der Waals surface area (Å²) in [5.74, 6) is 8.32. The molecular weight excluding hydrogens is 224 g/mol. The lowest BCUT2D eigenvalue weighted by Gasteiger charge is -2.06. The minimum absolute atomic E-state index is 0.00449. The first-order valence-corrected chi connectivity index (χ1v) is 4.53. The second-order valence-corrected chi connectivity index (χ2v) is 3.10. The minimum atomic E-state index is -0.575. The third kappa shape index (κ3) is 4.62. The van der Waals surface area contributed by atoms with E-state index in [0.717, 1.165) is 0 Å². The fourth-order valence-corrected chi connectivity index (χ4v) is 1.30. The molecule has 0 aliphatic carbocycles. The van der Waals surface area contributed by atoms with E-state index in [2.05, 4.69) is 9.68 Å². The Morgan fingerprint density at radius 3 is 1.71 bits per heavy atom. The van der Waals surface area contributed by atoms with E-state index < -0.39 is 11.9 Å². The van der Waals surface area contributed by atoms with Gasteiger partial charge < -0.3 is 9.68 Å². The van der Waals surface area contributed by atoms with Crippen molar-refractivity contribution in [2.75, 3.05) is 0 Å². The first kappa shape index (κ1) is 13.1. The third-order valence-electron chi connectivity index (χ3n) is 2.05. The van der Waals surface area contributed by atoms with Gasteiger partial charge in [-0.15, -0.1) is 0 Å². The molecule has 0 spiro atoms. The Labute approximate surface area is 101 Å². The molecule has 0 atom stereocenters. The van der Waals surface area contributed by atoms with Gasteiger partial charge in [0, 0.05) is 1.37 Å². The number of carbonyl (C=O) groups is 2. The highest BCUT2D eigenvalue weighted by Gasteiger charge is 2.11. The molecule has 0 amide bonds. The summed E-state index contributed by atoms with van der Waals surface area (Å²) in [6.45, 7) is 0. The molecule has 17 heavy (non-hydrogen) atoms. The minimum Gasteiger partial charge on any atom is -0.373 e. The second kappa shape index (κ2) is 7.37. The van der Waals surface area contributed by atoms with Crippen LogP contribution in [0.3, 0.4) is 0 Å². The summed E-state index contributed by atoms with van der Waals surface area (Å²) < 4.78 is 5.75. The maximum atomic E-state index is 11.0. The molecule has 0 heterocycles. The SMILES string of the molecule is NOC(=O)Cc1ccccc1CC(=O)ON.[3H]C. The number of hydrogen-bond donors (Lipinski definition) is 2. The van der Waals surface area contributed by atoms with Gasteiger partial charge in [-0.25, -0.2) is 0 Å². The van der Waals surface area contributed by atoms with Crippen molar-refractivity contribution >= 4 is 11.9 Å². The van der Waals surface area contributed by atoms with Gasteiger partial charge in [-0.05, 0) is 11.1 Å². The topological polar surface area (TPSA) is 105 Å². The van der Waals surface area contributed by atoms with E-state index in [0.29, 0.717) is 11.1 Å². The van der Waals surface area contributed by atoms with E-state index >= 15 is 0 Å². The predicted octanol–water partition coefficient (Wildman–Crippen LogP) is 0.241. The molecule has 1 aromatic carbocycles. The van der Waals surface area contributed by atoms with Crippen LogP contribution in [0.15, 0.2) is 24.3 Å². The van der Waals surface area contributed by atoms with Crippen LogP contribution in [0.5, 0.6) is 0 Å². The summed E-state index contributed by atoms with van der Waals surface area (Å²) in [7, 11) is 1.25. The molecule has 0 radical (unpaired) electrons. The standard InChI is InChI=1S/C10H12N2O4.CH4/c11-15-9(13)5-7-3-1-2-4-8(7)6-10(14)16-12;/h1-4H,5-6,11-12H2;1H4/i;1T. The number of rotatable bonds is 4. The molecule has 0 aliphatic heterocycles. The molecule has 0 aliphatic rings. The molecule has 0 bridgehead atoms. The Morgan fingerprint density at radius 1 is 1.06 bits per heavy atom. The van der Waals surface area contributed by atoms with Crippen LogP contribution in [0.4, 0.5) is 0 Å². The Kier molecular flexibility index (Phi) is 5.70. The highest BCUT2D eigenvalue weighted by Crippen LogP contribution is 2.11. The van der Waals surface area contributed by atoms with Crippen molar-refractivity contribution in [3.05, 3.63) is 35.4 Å². The molecule has 0 saturated heterocycles. The van der Waals surface area contributed by atoms with Gasteiger partial charge in [-0.3, -0.25) is 9.59 Å². The average Bonchev–Trinajstić information content (AvgIpc) is 2.42. The van der Waals surface area contributed by atoms with Crippen LogP contribution < -0.4 is 11.8 Å². The summed E-state index contributed by atoms with van der Waals surface area (Å²) in [4.78, 5) is 30.1. The van der Waals surface area contributed by atoms with Crippen LogP contribution in [0.2, 0.25) is 0 Å². The number of nitrogens with two attached hydrogens (primary N) is 2. The van der Waals surface area contributed by atoms with Crippen LogP contribution >= 0.6 is 0 Å². The molecule has 0 fully saturated rings. The molecule has 0 saturated carbocycles. The lowest BCUT2D eigenvalue weighted by atomic mass is 10.0. The molecular formula is C11H16N2O4. The fraction of sp³-hybridized carbons (Fsp3) is 0.273. The van der Waals surface area contributed by atoms with Crippen molar-refractivity contribution in [1.82, 2.24) is 0 Å².